The van der Waals surface area contributed by atoms with Crippen LogP contribution in [-0.2, 0) is 19.6 Å². The van der Waals surface area contributed by atoms with Crippen LogP contribution in [0, 0.1) is 0 Å². The normalized spacial score (nSPS) is 18.6. The van der Waals surface area contributed by atoms with E-state index in [1.165, 1.54) is 11.7 Å². The number of alkyl halides is 3. The smallest absolute Gasteiger partial charge is 0.326 e. The van der Waals surface area contributed by atoms with Crippen LogP contribution in [0.5, 0.6) is 0 Å². The van der Waals surface area contributed by atoms with Crippen molar-refractivity contribution in [2.45, 2.75) is 25.6 Å². The van der Waals surface area contributed by atoms with Crippen molar-refractivity contribution in [2.75, 3.05) is 0 Å². The number of imidazole rings is 1. The number of aromatic nitrogens is 4. The number of nitrogens with zero attached hydrogens (tertiary/aromatic N) is 4. The minimum atomic E-state index is -4.41. The first-order valence-corrected chi connectivity index (χ1v) is 5.55. The Morgan fingerprint density at radius 1 is 1.39 bits per heavy atom. The third kappa shape index (κ3) is 1.39. The average molecular weight is 256 g/mol. The molecule has 0 aromatic carbocycles. The van der Waals surface area contributed by atoms with E-state index >= 15 is 0 Å². The maximum Gasteiger partial charge on any atom is 0.435 e. The second-order valence-electron chi connectivity index (χ2n) is 4.54. The lowest BCUT2D eigenvalue weighted by atomic mass is 9.98. The summed E-state index contributed by atoms with van der Waals surface area (Å²) < 4.78 is 41.9. The van der Waals surface area contributed by atoms with Crippen molar-refractivity contribution in [1.29, 1.82) is 0 Å². The third-order valence-electron chi connectivity index (χ3n) is 3.30. The molecule has 3 rings (SSSR count). The second kappa shape index (κ2) is 3.37. The quantitative estimate of drug-likeness (QED) is 0.725. The molecule has 7 heteroatoms. The van der Waals surface area contributed by atoms with E-state index in [1.807, 2.05) is 11.5 Å². The average Bonchev–Trinajstić information content (AvgIpc) is 2.82. The summed E-state index contributed by atoms with van der Waals surface area (Å²) in [4.78, 5) is 4.01. The standard InChI is InChI=1S/C11H11F3N4/c1-6-3-7-9(8-4-15-5-18(6)8)17(2)16-10(7)11(12,13)14/h4-6H,3H2,1-2H3. The molecule has 0 bridgehead atoms. The molecule has 18 heavy (non-hydrogen) atoms. The van der Waals surface area contributed by atoms with Crippen LogP contribution in [0.2, 0.25) is 0 Å². The molecule has 96 valence electrons. The van der Waals surface area contributed by atoms with E-state index in [0.29, 0.717) is 17.8 Å². The van der Waals surface area contributed by atoms with Crippen LogP contribution in [-0.4, -0.2) is 19.3 Å². The number of aryl methyl sites for hydroxylation is 1. The largest absolute Gasteiger partial charge is 0.435 e. The summed E-state index contributed by atoms with van der Waals surface area (Å²) in [5, 5.41) is 3.63. The molecule has 0 N–H and O–H groups in total. The van der Waals surface area contributed by atoms with Crippen LogP contribution in [0.4, 0.5) is 13.2 Å². The Labute approximate surface area is 101 Å². The number of rotatable bonds is 0. The van der Waals surface area contributed by atoms with Crippen molar-refractivity contribution >= 4 is 0 Å². The molecule has 1 aliphatic rings. The van der Waals surface area contributed by atoms with E-state index in [0.717, 1.165) is 0 Å². The maximum absolute atomic E-state index is 12.9. The summed E-state index contributed by atoms with van der Waals surface area (Å²) in [5.74, 6) is 0. The van der Waals surface area contributed by atoms with Gasteiger partial charge < -0.3 is 4.57 Å². The van der Waals surface area contributed by atoms with Gasteiger partial charge in [0.25, 0.3) is 0 Å². The monoisotopic (exact) mass is 256 g/mol. The van der Waals surface area contributed by atoms with Crippen LogP contribution in [0.1, 0.15) is 24.2 Å². The summed E-state index contributed by atoms with van der Waals surface area (Å²) in [6.07, 6.45) is -0.867. The fourth-order valence-corrected chi connectivity index (χ4v) is 2.54. The lowest BCUT2D eigenvalue weighted by Crippen LogP contribution is -2.18. The Hall–Kier alpha value is -1.79. The molecule has 0 saturated carbocycles. The van der Waals surface area contributed by atoms with E-state index < -0.39 is 11.9 Å². The van der Waals surface area contributed by atoms with E-state index in [2.05, 4.69) is 10.1 Å². The van der Waals surface area contributed by atoms with Gasteiger partial charge in [-0.1, -0.05) is 0 Å². The van der Waals surface area contributed by atoms with Gasteiger partial charge in [0.15, 0.2) is 5.69 Å². The molecule has 0 spiro atoms. The zero-order valence-corrected chi connectivity index (χ0v) is 9.86. The van der Waals surface area contributed by atoms with Gasteiger partial charge in [0.05, 0.1) is 23.9 Å². The molecule has 2 aromatic heterocycles. The van der Waals surface area contributed by atoms with E-state index in [1.54, 1.807) is 12.5 Å². The van der Waals surface area contributed by atoms with Gasteiger partial charge in [0.1, 0.15) is 0 Å². The maximum atomic E-state index is 12.9. The number of hydrogen-bond acceptors (Lipinski definition) is 2. The van der Waals surface area contributed by atoms with Gasteiger partial charge in [0, 0.05) is 18.7 Å². The summed E-state index contributed by atoms with van der Waals surface area (Å²) in [6, 6.07) is -0.0414. The molecule has 0 aliphatic carbocycles. The van der Waals surface area contributed by atoms with Gasteiger partial charge in [-0.15, -0.1) is 0 Å². The van der Waals surface area contributed by atoms with Crippen molar-refractivity contribution in [3.8, 4) is 11.4 Å². The fraction of sp³-hybridized carbons (Fsp3) is 0.455. The second-order valence-corrected chi connectivity index (χ2v) is 4.54. The summed E-state index contributed by atoms with van der Waals surface area (Å²) >= 11 is 0. The van der Waals surface area contributed by atoms with Gasteiger partial charge in [-0.3, -0.25) is 4.68 Å². The van der Waals surface area contributed by atoms with Crippen LogP contribution < -0.4 is 0 Å². The Morgan fingerprint density at radius 2 is 2.11 bits per heavy atom. The first-order chi connectivity index (χ1) is 8.39. The number of halogens is 3. The van der Waals surface area contributed by atoms with Gasteiger partial charge in [0.2, 0.25) is 0 Å². The first-order valence-electron chi connectivity index (χ1n) is 5.55. The zero-order valence-electron chi connectivity index (χ0n) is 9.86. The molecule has 0 saturated heterocycles. The Balaban J connectivity index is 2.29. The van der Waals surface area contributed by atoms with Crippen LogP contribution in [0.25, 0.3) is 11.4 Å². The van der Waals surface area contributed by atoms with Crippen molar-refractivity contribution in [3.05, 3.63) is 23.8 Å². The number of hydrogen-bond donors (Lipinski definition) is 0. The molecule has 3 heterocycles. The molecule has 1 atom stereocenters. The highest BCUT2D eigenvalue weighted by atomic mass is 19.4. The molecule has 0 amide bonds. The van der Waals surface area contributed by atoms with Gasteiger partial charge in [-0.25, -0.2) is 4.98 Å². The van der Waals surface area contributed by atoms with Crippen molar-refractivity contribution in [2.24, 2.45) is 7.05 Å². The zero-order chi connectivity index (χ0) is 13.1. The Kier molecular flexibility index (Phi) is 2.11. The lowest BCUT2D eigenvalue weighted by molar-refractivity contribution is -0.142. The SMILES string of the molecule is CC1Cc2c(C(F)(F)F)nn(C)c2-c2cncn21. The highest BCUT2D eigenvalue weighted by Gasteiger charge is 2.41. The third-order valence-corrected chi connectivity index (χ3v) is 3.30. The summed E-state index contributed by atoms with van der Waals surface area (Å²) in [6.45, 7) is 1.88. The molecule has 4 nitrogen and oxygen atoms in total. The van der Waals surface area contributed by atoms with E-state index in [4.69, 9.17) is 0 Å². The summed E-state index contributed by atoms with van der Waals surface area (Å²) in [5.41, 5.74) is 0.692. The molecule has 0 fully saturated rings. The van der Waals surface area contributed by atoms with E-state index in [9.17, 15) is 13.2 Å². The van der Waals surface area contributed by atoms with Crippen molar-refractivity contribution in [1.82, 2.24) is 19.3 Å². The van der Waals surface area contributed by atoms with E-state index in [-0.39, 0.29) is 11.6 Å². The fourth-order valence-electron chi connectivity index (χ4n) is 2.54. The molecular weight excluding hydrogens is 245 g/mol. The molecular formula is C11H11F3N4. The van der Waals surface area contributed by atoms with Gasteiger partial charge in [-0.05, 0) is 13.3 Å². The van der Waals surface area contributed by atoms with Crippen LogP contribution >= 0.6 is 0 Å². The van der Waals surface area contributed by atoms with Crippen LogP contribution in [0.15, 0.2) is 12.5 Å². The minimum absolute atomic E-state index is 0.0414. The molecule has 1 unspecified atom stereocenters. The van der Waals surface area contributed by atoms with Gasteiger partial charge >= 0.3 is 6.18 Å². The Morgan fingerprint density at radius 3 is 2.78 bits per heavy atom. The Bertz CT molecular complexity index is 608. The molecule has 1 aliphatic heterocycles. The van der Waals surface area contributed by atoms with Gasteiger partial charge in [-0.2, -0.15) is 18.3 Å². The predicted octanol–water partition coefficient (Wildman–Crippen LogP) is 2.42. The highest BCUT2D eigenvalue weighted by Crippen LogP contribution is 2.41. The first kappa shape index (κ1) is 11.3. The number of fused-ring (bicyclic) bond motifs is 3. The minimum Gasteiger partial charge on any atom is -0.326 e. The molecule has 0 radical (unpaired) electrons. The topological polar surface area (TPSA) is 35.6 Å². The van der Waals surface area contributed by atoms with Crippen molar-refractivity contribution < 1.29 is 13.2 Å². The summed E-state index contributed by atoms with van der Waals surface area (Å²) in [7, 11) is 1.53. The molecule has 2 aromatic rings. The van der Waals surface area contributed by atoms with Crippen molar-refractivity contribution in [3.63, 3.8) is 0 Å². The highest BCUT2D eigenvalue weighted by molar-refractivity contribution is 5.63. The lowest BCUT2D eigenvalue weighted by Gasteiger charge is -2.23. The predicted molar refractivity (Wildman–Crippen MR) is 57.8 cm³/mol. The van der Waals surface area contributed by atoms with Crippen LogP contribution in [0.3, 0.4) is 0 Å².